The molecular formula is C14H15ClN2O3S. The van der Waals surface area contributed by atoms with Crippen LogP contribution < -0.4 is 20.5 Å². The zero-order chi connectivity index (χ0) is 15.6. The first-order valence-electron chi connectivity index (χ1n) is 6.04. The molecule has 21 heavy (non-hydrogen) atoms. The fourth-order valence-electron chi connectivity index (χ4n) is 1.77. The molecule has 0 aliphatic heterocycles. The van der Waals surface area contributed by atoms with Crippen molar-refractivity contribution in [1.82, 2.24) is 0 Å². The van der Waals surface area contributed by atoms with Gasteiger partial charge < -0.3 is 20.5 Å². The minimum Gasteiger partial charge on any atom is -0.493 e. The topological polar surface area (TPSA) is 73.6 Å². The van der Waals surface area contributed by atoms with Gasteiger partial charge in [0.15, 0.2) is 11.5 Å². The molecule has 0 bridgehead atoms. The van der Waals surface area contributed by atoms with Crippen molar-refractivity contribution < 1.29 is 14.3 Å². The molecule has 1 amide bonds. The Kier molecular flexibility index (Phi) is 4.59. The number of nitrogen functional groups attached to an aromatic ring is 1. The molecule has 0 spiro atoms. The van der Waals surface area contributed by atoms with Crippen molar-refractivity contribution in [3.8, 4) is 11.5 Å². The van der Waals surface area contributed by atoms with E-state index in [1.165, 1.54) is 25.6 Å². The van der Waals surface area contributed by atoms with E-state index >= 15 is 0 Å². The van der Waals surface area contributed by atoms with E-state index in [1.54, 1.807) is 12.1 Å². The van der Waals surface area contributed by atoms with Gasteiger partial charge in [-0.3, -0.25) is 4.79 Å². The summed E-state index contributed by atoms with van der Waals surface area (Å²) in [4.78, 5) is 12.7. The molecule has 112 valence electrons. The number of amides is 1. The van der Waals surface area contributed by atoms with Crippen LogP contribution in [0.4, 0.5) is 11.4 Å². The number of rotatable bonds is 4. The average molecular weight is 327 g/mol. The lowest BCUT2D eigenvalue weighted by Crippen LogP contribution is -2.12. The summed E-state index contributed by atoms with van der Waals surface area (Å²) in [6, 6.07) is 3.20. The van der Waals surface area contributed by atoms with Crippen LogP contribution in [0.25, 0.3) is 0 Å². The SMILES string of the molecule is COc1cc(N)c(NC(=O)c2scc(C)c2Cl)cc1OC. The van der Waals surface area contributed by atoms with Crippen molar-refractivity contribution in [3.05, 3.63) is 33.0 Å². The molecule has 0 atom stereocenters. The normalized spacial score (nSPS) is 10.3. The minimum atomic E-state index is -0.308. The zero-order valence-corrected chi connectivity index (χ0v) is 13.4. The summed E-state index contributed by atoms with van der Waals surface area (Å²) in [7, 11) is 3.03. The third kappa shape index (κ3) is 3.06. The minimum absolute atomic E-state index is 0.308. The van der Waals surface area contributed by atoms with Gasteiger partial charge in [-0.1, -0.05) is 11.6 Å². The fourth-order valence-corrected chi connectivity index (χ4v) is 2.94. The van der Waals surface area contributed by atoms with E-state index in [-0.39, 0.29) is 5.91 Å². The van der Waals surface area contributed by atoms with Crippen molar-refractivity contribution in [1.29, 1.82) is 0 Å². The number of carbonyl (C=O) groups excluding carboxylic acids is 1. The number of carbonyl (C=O) groups is 1. The smallest absolute Gasteiger partial charge is 0.267 e. The number of hydrogen-bond acceptors (Lipinski definition) is 5. The number of thiophene rings is 1. The van der Waals surface area contributed by atoms with Gasteiger partial charge in [-0.25, -0.2) is 0 Å². The molecular weight excluding hydrogens is 312 g/mol. The molecule has 1 heterocycles. The fraction of sp³-hybridized carbons (Fsp3) is 0.214. The zero-order valence-electron chi connectivity index (χ0n) is 11.8. The number of methoxy groups -OCH3 is 2. The van der Waals surface area contributed by atoms with Crippen molar-refractivity contribution >= 4 is 40.2 Å². The van der Waals surface area contributed by atoms with Crippen molar-refractivity contribution in [2.45, 2.75) is 6.92 Å². The molecule has 2 aromatic rings. The highest BCUT2D eigenvalue weighted by molar-refractivity contribution is 7.13. The van der Waals surface area contributed by atoms with Gasteiger partial charge in [0, 0.05) is 12.1 Å². The van der Waals surface area contributed by atoms with Crippen LogP contribution in [0.1, 0.15) is 15.2 Å². The maximum atomic E-state index is 12.2. The van der Waals surface area contributed by atoms with Crippen LogP contribution in [-0.2, 0) is 0 Å². The summed E-state index contributed by atoms with van der Waals surface area (Å²) in [6.07, 6.45) is 0. The molecule has 0 saturated heterocycles. The summed E-state index contributed by atoms with van der Waals surface area (Å²) in [6.45, 7) is 1.85. The number of ether oxygens (including phenoxy) is 2. The highest BCUT2D eigenvalue weighted by Crippen LogP contribution is 2.35. The summed E-state index contributed by atoms with van der Waals surface area (Å²) in [5, 5.41) is 5.02. The Bertz CT molecular complexity index is 685. The van der Waals surface area contributed by atoms with Gasteiger partial charge in [-0.2, -0.15) is 0 Å². The highest BCUT2D eigenvalue weighted by atomic mass is 35.5. The van der Waals surface area contributed by atoms with Crippen LogP contribution in [-0.4, -0.2) is 20.1 Å². The van der Waals surface area contributed by atoms with E-state index in [9.17, 15) is 4.79 Å². The Morgan fingerprint density at radius 1 is 1.29 bits per heavy atom. The first kappa shape index (κ1) is 15.5. The van der Waals surface area contributed by atoms with Crippen LogP contribution in [0.2, 0.25) is 5.02 Å². The molecule has 0 fully saturated rings. The molecule has 0 unspecified atom stereocenters. The van der Waals surface area contributed by atoms with Crippen LogP contribution >= 0.6 is 22.9 Å². The summed E-state index contributed by atoms with van der Waals surface area (Å²) >= 11 is 7.38. The van der Waals surface area contributed by atoms with Gasteiger partial charge in [-0.15, -0.1) is 11.3 Å². The van der Waals surface area contributed by atoms with Crippen LogP contribution in [0.3, 0.4) is 0 Å². The maximum Gasteiger partial charge on any atom is 0.267 e. The van der Waals surface area contributed by atoms with E-state index in [0.29, 0.717) is 32.8 Å². The Morgan fingerprint density at radius 3 is 2.43 bits per heavy atom. The molecule has 0 aliphatic rings. The van der Waals surface area contributed by atoms with Gasteiger partial charge in [0.25, 0.3) is 5.91 Å². The van der Waals surface area contributed by atoms with E-state index in [1.807, 2.05) is 12.3 Å². The summed E-state index contributed by atoms with van der Waals surface area (Å²) < 4.78 is 10.3. The first-order chi connectivity index (χ1) is 9.97. The highest BCUT2D eigenvalue weighted by Gasteiger charge is 2.17. The second-order valence-electron chi connectivity index (χ2n) is 4.31. The second kappa shape index (κ2) is 6.24. The summed E-state index contributed by atoms with van der Waals surface area (Å²) in [5.41, 5.74) is 7.60. The number of hydrogen-bond donors (Lipinski definition) is 2. The molecule has 0 radical (unpaired) electrons. The number of aryl methyl sites for hydroxylation is 1. The van der Waals surface area contributed by atoms with E-state index in [0.717, 1.165) is 5.56 Å². The lowest BCUT2D eigenvalue weighted by Gasteiger charge is -2.13. The molecule has 0 saturated carbocycles. The molecule has 1 aromatic carbocycles. The van der Waals surface area contributed by atoms with E-state index in [2.05, 4.69) is 5.32 Å². The third-order valence-electron chi connectivity index (χ3n) is 2.91. The monoisotopic (exact) mass is 326 g/mol. The average Bonchev–Trinajstić information content (AvgIpc) is 2.80. The van der Waals surface area contributed by atoms with Crippen LogP contribution in [0, 0.1) is 6.92 Å². The predicted molar refractivity (Wildman–Crippen MR) is 86.0 cm³/mol. The Hall–Kier alpha value is -1.92. The Labute approximate surface area is 131 Å². The molecule has 1 aromatic heterocycles. The number of anilines is 2. The second-order valence-corrected chi connectivity index (χ2v) is 5.57. The van der Waals surface area contributed by atoms with Gasteiger partial charge in [-0.05, 0) is 17.9 Å². The Balaban J connectivity index is 2.31. The largest absolute Gasteiger partial charge is 0.493 e. The number of benzene rings is 1. The number of nitrogens with one attached hydrogen (secondary N) is 1. The van der Waals surface area contributed by atoms with Gasteiger partial charge in [0.1, 0.15) is 4.88 Å². The van der Waals surface area contributed by atoms with E-state index in [4.69, 9.17) is 26.8 Å². The molecule has 0 aliphatic carbocycles. The van der Waals surface area contributed by atoms with Crippen LogP contribution in [0.15, 0.2) is 17.5 Å². The van der Waals surface area contributed by atoms with Gasteiger partial charge in [0.05, 0.1) is 30.6 Å². The maximum absolute atomic E-state index is 12.2. The van der Waals surface area contributed by atoms with Gasteiger partial charge in [0.2, 0.25) is 0 Å². The lowest BCUT2D eigenvalue weighted by molar-refractivity contribution is 0.103. The van der Waals surface area contributed by atoms with Crippen molar-refractivity contribution in [2.24, 2.45) is 0 Å². The molecule has 5 nitrogen and oxygen atoms in total. The Morgan fingerprint density at radius 2 is 1.90 bits per heavy atom. The third-order valence-corrected chi connectivity index (χ3v) is 4.61. The molecule has 3 N–H and O–H groups in total. The van der Waals surface area contributed by atoms with Crippen LogP contribution in [0.5, 0.6) is 11.5 Å². The predicted octanol–water partition coefficient (Wildman–Crippen LogP) is 3.56. The quantitative estimate of drug-likeness (QED) is 0.842. The lowest BCUT2D eigenvalue weighted by atomic mass is 10.2. The first-order valence-corrected chi connectivity index (χ1v) is 7.30. The van der Waals surface area contributed by atoms with Crippen molar-refractivity contribution in [3.63, 3.8) is 0 Å². The number of halogens is 1. The molecule has 2 rings (SSSR count). The van der Waals surface area contributed by atoms with Gasteiger partial charge >= 0.3 is 0 Å². The van der Waals surface area contributed by atoms with E-state index < -0.39 is 0 Å². The summed E-state index contributed by atoms with van der Waals surface area (Å²) in [5.74, 6) is 0.672. The van der Waals surface area contributed by atoms with Crippen molar-refractivity contribution in [2.75, 3.05) is 25.3 Å². The molecule has 7 heteroatoms. The number of nitrogens with two attached hydrogens (primary N) is 1. The standard InChI is InChI=1S/C14H15ClN2O3S/c1-7-6-21-13(12(7)15)14(18)17-9-5-11(20-3)10(19-2)4-8(9)16/h4-6H,16H2,1-3H3,(H,17,18).